The summed E-state index contributed by atoms with van der Waals surface area (Å²) in [6.07, 6.45) is -0.339. The highest BCUT2D eigenvalue weighted by Crippen LogP contribution is 2.35. The molecule has 1 aliphatic heterocycles. The summed E-state index contributed by atoms with van der Waals surface area (Å²) in [5.74, 6) is -0.236. The van der Waals surface area contributed by atoms with E-state index in [9.17, 15) is 4.79 Å². The fourth-order valence-electron chi connectivity index (χ4n) is 2.99. The summed E-state index contributed by atoms with van der Waals surface area (Å²) in [5.41, 5.74) is 3.81. The van der Waals surface area contributed by atoms with E-state index < -0.39 is 0 Å². The highest BCUT2D eigenvalue weighted by Gasteiger charge is 2.21. The van der Waals surface area contributed by atoms with Crippen LogP contribution in [0.25, 0.3) is 21.2 Å². The molecule has 0 saturated heterocycles. The molecule has 5 heteroatoms. The predicted molar refractivity (Wildman–Crippen MR) is 93.1 cm³/mol. The van der Waals surface area contributed by atoms with Crippen LogP contribution >= 0.6 is 11.3 Å². The topological polar surface area (TPSA) is 44.8 Å². The molecular weight excluding hydrogens is 324 g/mol. The van der Waals surface area contributed by atoms with Gasteiger partial charge in [-0.15, -0.1) is 11.3 Å². The van der Waals surface area contributed by atoms with Crippen molar-refractivity contribution in [3.63, 3.8) is 0 Å². The van der Waals surface area contributed by atoms with E-state index in [2.05, 4.69) is 24.3 Å². The van der Waals surface area contributed by atoms with Gasteiger partial charge < -0.3 is 14.2 Å². The van der Waals surface area contributed by atoms with Crippen LogP contribution in [0.4, 0.5) is 0 Å². The third-order valence-corrected chi connectivity index (χ3v) is 5.34. The van der Waals surface area contributed by atoms with Gasteiger partial charge in [-0.3, -0.25) is 0 Å². The Bertz CT molecular complexity index is 924. The van der Waals surface area contributed by atoms with Crippen molar-refractivity contribution in [2.45, 2.75) is 12.9 Å². The average molecular weight is 340 g/mol. The Balaban J connectivity index is 1.74. The molecule has 0 unspecified atom stereocenters. The van der Waals surface area contributed by atoms with Crippen LogP contribution in [0, 0.1) is 0 Å². The number of rotatable bonds is 4. The Morgan fingerprint density at radius 1 is 1.04 bits per heavy atom. The van der Waals surface area contributed by atoms with Gasteiger partial charge in [0.1, 0.15) is 6.61 Å². The highest BCUT2D eigenvalue weighted by molar-refractivity contribution is 7.19. The molecule has 3 aromatic rings. The maximum atomic E-state index is 11.6. The highest BCUT2D eigenvalue weighted by atomic mass is 32.1. The quantitative estimate of drug-likeness (QED) is 0.517. The van der Waals surface area contributed by atoms with Crippen molar-refractivity contribution in [2.75, 3.05) is 14.2 Å². The average Bonchev–Trinajstić information content (AvgIpc) is 3.19. The number of ether oxygens (including phenoxy) is 3. The summed E-state index contributed by atoms with van der Waals surface area (Å²) in [6.45, 7) is 0.358. The molecule has 0 amide bonds. The predicted octanol–water partition coefficient (Wildman–Crippen LogP) is 4.53. The first-order valence-corrected chi connectivity index (χ1v) is 8.41. The first kappa shape index (κ1) is 15.3. The van der Waals surface area contributed by atoms with E-state index in [4.69, 9.17) is 14.2 Å². The van der Waals surface area contributed by atoms with E-state index in [1.807, 2.05) is 18.2 Å². The minimum Gasteiger partial charge on any atom is -0.457 e. The summed E-state index contributed by atoms with van der Waals surface area (Å²) >= 11 is 1.66. The summed E-state index contributed by atoms with van der Waals surface area (Å²) < 4.78 is 16.9. The maximum absolute atomic E-state index is 11.6. The van der Waals surface area contributed by atoms with Crippen molar-refractivity contribution >= 4 is 27.4 Å². The van der Waals surface area contributed by atoms with Crippen molar-refractivity contribution in [3.8, 4) is 11.1 Å². The first-order valence-electron chi connectivity index (χ1n) is 7.59. The first-order chi connectivity index (χ1) is 11.7. The van der Waals surface area contributed by atoms with E-state index in [1.165, 1.54) is 4.70 Å². The molecule has 0 spiro atoms. The second kappa shape index (κ2) is 6.02. The number of fused-ring (bicyclic) bond motifs is 2. The van der Waals surface area contributed by atoms with Crippen LogP contribution in [0.15, 0.2) is 42.5 Å². The number of esters is 1. The fraction of sp³-hybridized carbons (Fsp3) is 0.211. The lowest BCUT2D eigenvalue weighted by Crippen LogP contribution is -2.00. The molecule has 0 N–H and O–H groups in total. The van der Waals surface area contributed by atoms with Crippen molar-refractivity contribution in [2.24, 2.45) is 0 Å². The summed E-state index contributed by atoms with van der Waals surface area (Å²) in [4.78, 5) is 12.6. The van der Waals surface area contributed by atoms with Gasteiger partial charge in [0, 0.05) is 24.5 Å². The van der Waals surface area contributed by atoms with Gasteiger partial charge in [-0.25, -0.2) is 4.79 Å². The Hall–Kier alpha value is -2.21. The fourth-order valence-corrected chi connectivity index (χ4v) is 4.15. The van der Waals surface area contributed by atoms with E-state index in [0.717, 1.165) is 27.0 Å². The molecule has 1 aliphatic rings. The van der Waals surface area contributed by atoms with E-state index in [0.29, 0.717) is 12.2 Å². The second-order valence-corrected chi connectivity index (χ2v) is 6.77. The Labute approximate surface area is 143 Å². The lowest BCUT2D eigenvalue weighted by atomic mass is 10.00. The zero-order chi connectivity index (χ0) is 16.7. The normalized spacial score (nSPS) is 13.5. The van der Waals surface area contributed by atoms with Gasteiger partial charge in [0.25, 0.3) is 0 Å². The van der Waals surface area contributed by atoms with Crippen molar-refractivity contribution < 1.29 is 19.0 Å². The minimum atomic E-state index is -0.339. The van der Waals surface area contributed by atoms with Crippen LogP contribution < -0.4 is 0 Å². The van der Waals surface area contributed by atoms with Crippen LogP contribution in [-0.4, -0.2) is 20.2 Å². The maximum Gasteiger partial charge on any atom is 0.338 e. The number of methoxy groups -OCH3 is 2. The molecule has 0 aliphatic carbocycles. The third kappa shape index (κ3) is 2.51. The Kier molecular flexibility index (Phi) is 3.84. The number of hydrogen-bond donors (Lipinski definition) is 0. The number of carbonyl (C=O) groups excluding carboxylic acids is 1. The summed E-state index contributed by atoms with van der Waals surface area (Å²) in [5, 5.41) is 1.16. The van der Waals surface area contributed by atoms with Crippen LogP contribution in [0.2, 0.25) is 0 Å². The van der Waals surface area contributed by atoms with Gasteiger partial charge in [-0.1, -0.05) is 18.2 Å². The minimum absolute atomic E-state index is 0.236. The van der Waals surface area contributed by atoms with Crippen LogP contribution in [0.3, 0.4) is 0 Å². The second-order valence-electron chi connectivity index (χ2n) is 5.65. The Morgan fingerprint density at radius 2 is 1.79 bits per heavy atom. The smallest absolute Gasteiger partial charge is 0.338 e. The third-order valence-electron chi connectivity index (χ3n) is 4.22. The van der Waals surface area contributed by atoms with Crippen LogP contribution in [0.1, 0.15) is 27.1 Å². The standard InChI is InChI=1S/C19H16O4S/c1-21-19(22-2)17-9-13-4-3-12(8-16(13)24-17)11-5-6-15-14(7-11)10-23-18(15)20/h3-9,19H,10H2,1-2H3. The monoisotopic (exact) mass is 340 g/mol. The molecule has 0 radical (unpaired) electrons. The molecule has 1 aromatic heterocycles. The van der Waals surface area contributed by atoms with Gasteiger partial charge >= 0.3 is 5.97 Å². The van der Waals surface area contributed by atoms with E-state index >= 15 is 0 Å². The van der Waals surface area contributed by atoms with Crippen LogP contribution in [0.5, 0.6) is 0 Å². The van der Waals surface area contributed by atoms with Crippen molar-refractivity contribution in [1.82, 2.24) is 0 Å². The molecule has 0 fully saturated rings. The number of carbonyl (C=O) groups is 1. The van der Waals surface area contributed by atoms with Gasteiger partial charge in [0.05, 0.1) is 10.4 Å². The molecule has 24 heavy (non-hydrogen) atoms. The molecule has 0 saturated carbocycles. The molecule has 0 bridgehead atoms. The summed E-state index contributed by atoms with van der Waals surface area (Å²) in [7, 11) is 3.27. The SMILES string of the molecule is COC(OC)c1cc2ccc(-c3ccc4c(c3)COC4=O)cc2s1. The molecule has 4 nitrogen and oxygen atoms in total. The largest absolute Gasteiger partial charge is 0.457 e. The van der Waals surface area contributed by atoms with Crippen LogP contribution in [-0.2, 0) is 20.8 Å². The molecular formula is C19H16O4S. The van der Waals surface area contributed by atoms with E-state index in [-0.39, 0.29) is 12.3 Å². The molecule has 0 atom stereocenters. The van der Waals surface area contributed by atoms with Crippen molar-refractivity contribution in [1.29, 1.82) is 0 Å². The molecule has 2 aromatic carbocycles. The Morgan fingerprint density at radius 3 is 2.58 bits per heavy atom. The van der Waals surface area contributed by atoms with Gasteiger partial charge in [0.2, 0.25) is 0 Å². The zero-order valence-corrected chi connectivity index (χ0v) is 14.2. The molecule has 2 heterocycles. The van der Waals surface area contributed by atoms with Gasteiger partial charge in [0.15, 0.2) is 6.29 Å². The van der Waals surface area contributed by atoms with E-state index in [1.54, 1.807) is 25.6 Å². The number of cyclic esters (lactones) is 1. The lowest BCUT2D eigenvalue weighted by Gasteiger charge is -2.09. The van der Waals surface area contributed by atoms with Gasteiger partial charge in [-0.2, -0.15) is 0 Å². The van der Waals surface area contributed by atoms with Crippen molar-refractivity contribution in [3.05, 3.63) is 58.5 Å². The van der Waals surface area contributed by atoms with Gasteiger partial charge in [-0.05, 0) is 40.8 Å². The number of thiophene rings is 1. The number of benzene rings is 2. The molecule has 122 valence electrons. The molecule has 4 rings (SSSR count). The zero-order valence-electron chi connectivity index (χ0n) is 13.4. The number of hydrogen-bond acceptors (Lipinski definition) is 5. The lowest BCUT2D eigenvalue weighted by molar-refractivity contribution is -0.103. The summed E-state index contributed by atoms with van der Waals surface area (Å²) in [6, 6.07) is 14.3.